The minimum Gasteiger partial charge on any atom is -0.310 e. The third-order valence-corrected chi connectivity index (χ3v) is 20.5. The first kappa shape index (κ1) is 61.5. The van der Waals surface area contributed by atoms with Crippen LogP contribution >= 0.6 is 0 Å². The van der Waals surface area contributed by atoms with Gasteiger partial charge in [-0.2, -0.15) is 0 Å². The summed E-state index contributed by atoms with van der Waals surface area (Å²) in [5, 5.41) is 7.29. The van der Waals surface area contributed by atoms with Crippen LogP contribution in [-0.2, 0) is 27.1 Å². The van der Waals surface area contributed by atoms with Crippen molar-refractivity contribution in [2.45, 2.75) is 131 Å². The van der Waals surface area contributed by atoms with Crippen LogP contribution in [0, 0.1) is 0 Å². The Hall–Kier alpha value is -9.70. The van der Waals surface area contributed by atoms with Crippen LogP contribution in [0.4, 0.5) is 17.1 Å². The van der Waals surface area contributed by atoms with Gasteiger partial charge in [-0.15, -0.1) is 0 Å². The van der Waals surface area contributed by atoms with Crippen LogP contribution in [0.15, 0.2) is 255 Å². The molecule has 95 heavy (non-hydrogen) atoms. The number of rotatable bonds is 6. The van der Waals surface area contributed by atoms with Gasteiger partial charge in [0.05, 0.1) is 11.2 Å². The summed E-state index contributed by atoms with van der Waals surface area (Å²) in [6.45, 7) is 35.3. The Labute approximate surface area is 564 Å². The Morgan fingerprint density at radius 1 is 0.253 bits per heavy atom. The number of fused-ring (bicyclic) bond motifs is 11. The summed E-state index contributed by atoms with van der Waals surface area (Å²) in [5.41, 5.74) is 28.7. The Morgan fingerprint density at radius 3 is 1.12 bits per heavy atom. The van der Waals surface area contributed by atoms with Crippen molar-refractivity contribution < 1.29 is 0 Å². The number of aromatic nitrogens is 1. The monoisotopic (exact) mass is 1230 g/mol. The quantitative estimate of drug-likeness (QED) is 0.151. The molecule has 0 N–H and O–H groups in total. The minimum atomic E-state index is -0.276. The number of nitrogens with zero attached hydrogens (tertiary/aromatic N) is 2. The van der Waals surface area contributed by atoms with Crippen molar-refractivity contribution in [1.29, 1.82) is 0 Å². The molecule has 2 nitrogen and oxygen atoms in total. The maximum atomic E-state index is 2.74. The Balaban J connectivity index is 1.20. The van der Waals surface area contributed by atoms with E-state index in [9.17, 15) is 0 Å². The molecule has 3 heterocycles. The summed E-state index contributed by atoms with van der Waals surface area (Å²) in [4.78, 5) is 2.74. The summed E-state index contributed by atoms with van der Waals surface area (Å²) < 4.78 is 2.72. The number of benzene rings is 12. The molecule has 0 spiro atoms. The Bertz CT molecular complexity index is 5180. The fraction of sp³-hybridized carbons (Fsp3) is 0.217. The van der Waals surface area contributed by atoms with Crippen molar-refractivity contribution in [3.8, 4) is 61.3 Å². The highest BCUT2D eigenvalue weighted by atomic mass is 15.2. The Kier molecular flexibility index (Phi) is 14.6. The average molecular weight is 1230 g/mol. The first-order valence-corrected chi connectivity index (χ1v) is 34.3. The fourth-order valence-corrected chi connectivity index (χ4v) is 15.1. The van der Waals surface area contributed by atoms with Gasteiger partial charge in [0.1, 0.15) is 0 Å². The van der Waals surface area contributed by atoms with Gasteiger partial charge in [0.15, 0.2) is 0 Å². The van der Waals surface area contributed by atoms with Crippen LogP contribution in [0.5, 0.6) is 0 Å². The van der Waals surface area contributed by atoms with Gasteiger partial charge in [-0.1, -0.05) is 316 Å². The van der Waals surface area contributed by atoms with Gasteiger partial charge >= 0.3 is 0 Å². The smallest absolute Gasteiger partial charge is 0.252 e. The molecule has 3 heteroatoms. The van der Waals surface area contributed by atoms with Crippen LogP contribution in [0.2, 0.25) is 0 Å². The van der Waals surface area contributed by atoms with Crippen molar-refractivity contribution in [2.75, 3.05) is 4.90 Å². The predicted molar refractivity (Wildman–Crippen MR) is 413 cm³/mol. The molecule has 0 fully saturated rings. The highest BCUT2D eigenvalue weighted by molar-refractivity contribution is 7.00. The van der Waals surface area contributed by atoms with E-state index < -0.39 is 0 Å². The van der Waals surface area contributed by atoms with E-state index in [0.29, 0.717) is 0 Å². The lowest BCUT2D eigenvalue weighted by atomic mass is 9.33. The van der Waals surface area contributed by atoms with Crippen molar-refractivity contribution in [2.24, 2.45) is 0 Å². The molecule has 468 valence electrons. The summed E-state index contributed by atoms with van der Waals surface area (Å²) in [6, 6.07) is 98.8. The highest BCUT2D eigenvalue weighted by Crippen LogP contribution is 2.52. The van der Waals surface area contributed by atoms with Crippen molar-refractivity contribution in [1.82, 2.24) is 4.57 Å². The Morgan fingerprint density at radius 2 is 0.632 bits per heavy atom. The van der Waals surface area contributed by atoms with Crippen molar-refractivity contribution in [3.05, 3.63) is 283 Å². The zero-order chi connectivity index (χ0) is 66.3. The summed E-state index contributed by atoms with van der Waals surface area (Å²) >= 11 is 0. The molecule has 0 saturated carbocycles. The minimum absolute atomic E-state index is 0.0855. The molecule has 12 aromatic carbocycles. The van der Waals surface area contributed by atoms with Crippen LogP contribution < -0.4 is 21.3 Å². The topological polar surface area (TPSA) is 8.17 Å². The maximum Gasteiger partial charge on any atom is 0.252 e. The van der Waals surface area contributed by atoms with E-state index in [4.69, 9.17) is 0 Å². The van der Waals surface area contributed by atoms with E-state index in [1.54, 1.807) is 0 Å². The van der Waals surface area contributed by atoms with Gasteiger partial charge in [-0.05, 0) is 180 Å². The van der Waals surface area contributed by atoms with Gasteiger partial charge in [-0.3, -0.25) is 0 Å². The van der Waals surface area contributed by atoms with Crippen LogP contribution in [-0.4, -0.2) is 11.3 Å². The average Bonchev–Trinajstić information content (AvgIpc) is 1.20. The molecule has 0 aliphatic carbocycles. The van der Waals surface area contributed by atoms with Gasteiger partial charge in [0.25, 0.3) is 6.71 Å². The third-order valence-electron chi connectivity index (χ3n) is 20.5. The van der Waals surface area contributed by atoms with E-state index in [2.05, 4.69) is 368 Å². The second-order valence-electron chi connectivity index (χ2n) is 32.2. The summed E-state index contributed by atoms with van der Waals surface area (Å²) in [7, 11) is 0. The zero-order valence-electron chi connectivity index (χ0n) is 58.2. The predicted octanol–water partition coefficient (Wildman–Crippen LogP) is 23.6. The van der Waals surface area contributed by atoms with E-state index in [0.717, 1.165) is 33.5 Å². The van der Waals surface area contributed by atoms with Gasteiger partial charge in [0, 0.05) is 44.5 Å². The molecule has 13 aromatic rings. The summed E-state index contributed by atoms with van der Waals surface area (Å²) in [6.07, 6.45) is 0. The van der Waals surface area contributed by atoms with Gasteiger partial charge in [0.2, 0.25) is 0 Å². The molecule has 0 atom stereocenters. The molecule has 2 aliphatic rings. The largest absolute Gasteiger partial charge is 0.310 e. The molecule has 0 amide bonds. The van der Waals surface area contributed by atoms with Crippen molar-refractivity contribution >= 4 is 83.5 Å². The molecule has 0 bridgehead atoms. The molecular weight excluding hydrogens is 1140 g/mol. The second kappa shape index (κ2) is 22.5. The molecular formula is C92H87BN2. The van der Waals surface area contributed by atoms with E-state index in [1.807, 2.05) is 0 Å². The second-order valence-corrected chi connectivity index (χ2v) is 32.2. The van der Waals surface area contributed by atoms with Gasteiger partial charge < -0.3 is 9.47 Å². The number of para-hydroxylation sites is 1. The van der Waals surface area contributed by atoms with Gasteiger partial charge in [-0.25, -0.2) is 0 Å². The lowest BCUT2D eigenvalue weighted by molar-refractivity contribution is 0.568. The molecule has 15 rings (SSSR count). The van der Waals surface area contributed by atoms with Crippen LogP contribution in [0.25, 0.3) is 105 Å². The van der Waals surface area contributed by atoms with Crippen molar-refractivity contribution in [3.63, 3.8) is 0 Å². The van der Waals surface area contributed by atoms with Crippen LogP contribution in [0.1, 0.15) is 132 Å². The maximum absolute atomic E-state index is 2.74. The standard InChI is InChI=1S/C92H87BN2/c1-88(2,3)66-45-62(46-67(54-66)89(4,5)6)61-43-44-79-82(53-61)95(86-76(59-33-21-17-22-34-59)49-64(58-31-19-16-20-32-58)50-77(86)60-35-23-18-24-36-60)84-57-70(92(13,14)15)56-83-85(84)93(79)80-52-65(63-47-68(90(7,8)9)55-69(48-63)91(10,11)12)51-78-74-40-28-26-38-72(74)71-37-25-27-39-73(71)75-41-29-30-42-81(75)94(83)87(78)80/h16-57H,1-15H3. The molecule has 0 saturated heterocycles. The lowest BCUT2D eigenvalue weighted by Gasteiger charge is -2.43. The zero-order valence-corrected chi connectivity index (χ0v) is 58.2. The number of hydrogen-bond acceptors (Lipinski definition) is 1. The number of hydrogen-bond donors (Lipinski definition) is 0. The molecule has 1 aromatic heterocycles. The van der Waals surface area contributed by atoms with Crippen LogP contribution in [0.3, 0.4) is 0 Å². The van der Waals surface area contributed by atoms with E-state index in [-0.39, 0.29) is 33.8 Å². The summed E-state index contributed by atoms with van der Waals surface area (Å²) in [5.74, 6) is 0. The highest BCUT2D eigenvalue weighted by Gasteiger charge is 2.44. The van der Waals surface area contributed by atoms with E-state index >= 15 is 0 Å². The normalized spacial score (nSPS) is 13.2. The first-order valence-electron chi connectivity index (χ1n) is 34.3. The fourth-order valence-electron chi connectivity index (χ4n) is 15.1. The third kappa shape index (κ3) is 10.8. The lowest BCUT2D eigenvalue weighted by Crippen LogP contribution is -2.60. The molecule has 0 radical (unpaired) electrons. The molecule has 2 aliphatic heterocycles. The first-order chi connectivity index (χ1) is 45.3. The molecule has 0 unspecified atom stereocenters. The van der Waals surface area contributed by atoms with E-state index in [1.165, 1.54) is 132 Å². The number of anilines is 3. The SMILES string of the molecule is CC(C)(C)c1cc(-c2ccc3c(c2)N(c2c(-c4ccccc4)cc(-c4ccccc4)cc2-c2ccccc2)c2cc(C(C)(C)C)cc4c2B3c2cc(-c3cc(C(C)(C)C)cc(C(C)(C)C)c3)cc3c5ccccc5c5ccccc5c5ccccc5n-4c23)cc(C(C)(C)C)c1.